The molecular weight excluding hydrogens is 202 g/mol. The van der Waals surface area contributed by atoms with Crippen LogP contribution in [0.3, 0.4) is 0 Å². The van der Waals surface area contributed by atoms with Gasteiger partial charge in [0.15, 0.2) is 0 Å². The zero-order valence-corrected chi connectivity index (χ0v) is 8.37. The zero-order chi connectivity index (χ0) is 10.6. The third-order valence-corrected chi connectivity index (χ3v) is 2.09. The summed E-state index contributed by atoms with van der Waals surface area (Å²) < 4.78 is 0. The number of benzene rings is 1. The first-order valence-electron chi connectivity index (χ1n) is 4.15. The molecule has 0 unspecified atom stereocenters. The quantitative estimate of drug-likeness (QED) is 0.449. The molecule has 76 valence electrons. The summed E-state index contributed by atoms with van der Waals surface area (Å²) in [6.07, 6.45) is 0.663. The lowest BCUT2D eigenvalue weighted by Gasteiger charge is -2.12. The highest BCUT2D eigenvalue weighted by atomic mass is 35.5. The van der Waals surface area contributed by atoms with Gasteiger partial charge in [-0.1, -0.05) is 23.7 Å². The van der Waals surface area contributed by atoms with E-state index in [1.54, 1.807) is 12.1 Å². The van der Waals surface area contributed by atoms with Crippen LogP contribution in [0.2, 0.25) is 5.02 Å². The number of nitrogens with two attached hydrogens (primary N) is 2. The van der Waals surface area contributed by atoms with Gasteiger partial charge in [-0.3, -0.25) is 5.01 Å². The van der Waals surface area contributed by atoms with Crippen molar-refractivity contribution in [1.29, 1.82) is 0 Å². The van der Waals surface area contributed by atoms with E-state index in [2.05, 4.69) is 0 Å². The van der Waals surface area contributed by atoms with Gasteiger partial charge in [0.25, 0.3) is 0 Å². The van der Waals surface area contributed by atoms with E-state index in [9.17, 15) is 4.79 Å². The Morgan fingerprint density at radius 1 is 1.36 bits per heavy atom. The minimum Gasteiger partial charge on any atom is -0.350 e. The van der Waals surface area contributed by atoms with Crippen molar-refractivity contribution >= 4 is 17.6 Å². The molecule has 4 nitrogen and oxygen atoms in total. The van der Waals surface area contributed by atoms with Gasteiger partial charge in [-0.25, -0.2) is 10.6 Å². The highest BCUT2D eigenvalue weighted by Crippen LogP contribution is 2.09. The van der Waals surface area contributed by atoms with Crippen molar-refractivity contribution in [3.63, 3.8) is 0 Å². The Morgan fingerprint density at radius 2 is 1.93 bits per heavy atom. The largest absolute Gasteiger partial charge is 0.350 e. The highest BCUT2D eigenvalue weighted by molar-refractivity contribution is 6.30. The third kappa shape index (κ3) is 3.24. The summed E-state index contributed by atoms with van der Waals surface area (Å²) in [5.74, 6) is 5.33. The molecule has 1 aromatic rings. The lowest BCUT2D eigenvalue weighted by Crippen LogP contribution is -2.42. The fourth-order valence-electron chi connectivity index (χ4n) is 1.01. The molecule has 1 aromatic carbocycles. The number of hydrogen-bond acceptors (Lipinski definition) is 2. The van der Waals surface area contributed by atoms with E-state index in [-0.39, 0.29) is 0 Å². The Hall–Kier alpha value is -1.26. The summed E-state index contributed by atoms with van der Waals surface area (Å²) in [5.41, 5.74) is 6.03. The molecule has 2 amide bonds. The smallest absolute Gasteiger partial charge is 0.328 e. The van der Waals surface area contributed by atoms with Crippen molar-refractivity contribution in [3.8, 4) is 0 Å². The standard InChI is InChI=1S/C9H12ClN3O/c10-8-3-1-7(2-4-8)5-6-13(12)9(11)14/h1-4H,5-6,12H2,(H2,11,14). The van der Waals surface area contributed by atoms with Crippen LogP contribution in [0.25, 0.3) is 0 Å². The molecule has 1 rings (SSSR count). The molecule has 0 fully saturated rings. The number of hydrazine groups is 1. The number of halogens is 1. The van der Waals surface area contributed by atoms with E-state index >= 15 is 0 Å². The van der Waals surface area contributed by atoms with Gasteiger partial charge in [0, 0.05) is 11.6 Å². The van der Waals surface area contributed by atoms with Gasteiger partial charge in [0.05, 0.1) is 0 Å². The summed E-state index contributed by atoms with van der Waals surface area (Å²) in [5, 5.41) is 1.67. The van der Waals surface area contributed by atoms with Crippen LogP contribution >= 0.6 is 11.6 Å². The zero-order valence-electron chi connectivity index (χ0n) is 7.61. The Bertz CT molecular complexity index is 312. The van der Waals surface area contributed by atoms with Crippen LogP contribution in [0.15, 0.2) is 24.3 Å². The monoisotopic (exact) mass is 213 g/mol. The van der Waals surface area contributed by atoms with E-state index < -0.39 is 6.03 Å². The molecule has 0 spiro atoms. The first kappa shape index (κ1) is 10.8. The Balaban J connectivity index is 2.46. The Labute approximate surface area is 87.4 Å². The minimum atomic E-state index is -0.626. The maximum absolute atomic E-state index is 10.6. The SMILES string of the molecule is NC(=O)N(N)CCc1ccc(Cl)cc1. The van der Waals surface area contributed by atoms with Gasteiger partial charge in [-0.15, -0.1) is 0 Å². The minimum absolute atomic E-state index is 0.400. The normalized spacial score (nSPS) is 9.86. The lowest BCUT2D eigenvalue weighted by atomic mass is 10.1. The predicted octanol–water partition coefficient (Wildman–Crippen LogP) is 1.14. The Morgan fingerprint density at radius 3 is 2.43 bits per heavy atom. The molecule has 0 aromatic heterocycles. The average molecular weight is 214 g/mol. The molecule has 0 atom stereocenters. The first-order valence-corrected chi connectivity index (χ1v) is 4.53. The molecule has 0 aliphatic carbocycles. The van der Waals surface area contributed by atoms with Crippen LogP contribution in [-0.4, -0.2) is 17.6 Å². The second-order valence-corrected chi connectivity index (χ2v) is 3.34. The Kier molecular flexibility index (Phi) is 3.73. The van der Waals surface area contributed by atoms with Gasteiger partial charge in [-0.05, 0) is 24.1 Å². The molecule has 0 heterocycles. The second-order valence-electron chi connectivity index (χ2n) is 2.91. The van der Waals surface area contributed by atoms with E-state index in [0.29, 0.717) is 18.0 Å². The van der Waals surface area contributed by atoms with E-state index in [0.717, 1.165) is 10.6 Å². The number of rotatable bonds is 3. The van der Waals surface area contributed by atoms with Gasteiger partial charge < -0.3 is 5.73 Å². The summed E-state index contributed by atoms with van der Waals surface area (Å²) >= 11 is 5.72. The average Bonchev–Trinajstić information content (AvgIpc) is 2.16. The van der Waals surface area contributed by atoms with Gasteiger partial charge in [0.2, 0.25) is 0 Å². The van der Waals surface area contributed by atoms with Crippen molar-refractivity contribution in [2.75, 3.05) is 6.54 Å². The molecule has 0 bridgehead atoms. The number of carbonyl (C=O) groups excluding carboxylic acids is 1. The second kappa shape index (κ2) is 4.83. The molecule has 0 radical (unpaired) electrons. The van der Waals surface area contributed by atoms with Crippen LogP contribution in [0, 0.1) is 0 Å². The number of urea groups is 1. The third-order valence-electron chi connectivity index (χ3n) is 1.84. The van der Waals surface area contributed by atoms with Gasteiger partial charge >= 0.3 is 6.03 Å². The van der Waals surface area contributed by atoms with Crippen molar-refractivity contribution in [2.24, 2.45) is 11.6 Å². The van der Waals surface area contributed by atoms with Crippen LogP contribution in [0.4, 0.5) is 4.79 Å². The van der Waals surface area contributed by atoms with Crippen molar-refractivity contribution < 1.29 is 4.79 Å². The van der Waals surface area contributed by atoms with Crippen LogP contribution in [0.5, 0.6) is 0 Å². The topological polar surface area (TPSA) is 72.4 Å². The molecule has 14 heavy (non-hydrogen) atoms. The van der Waals surface area contributed by atoms with Crippen LogP contribution < -0.4 is 11.6 Å². The van der Waals surface area contributed by atoms with E-state index in [1.165, 1.54) is 0 Å². The lowest BCUT2D eigenvalue weighted by molar-refractivity contribution is 0.209. The number of primary amides is 1. The van der Waals surface area contributed by atoms with Crippen molar-refractivity contribution in [2.45, 2.75) is 6.42 Å². The number of amides is 2. The summed E-state index contributed by atoms with van der Waals surface area (Å²) in [7, 11) is 0. The molecule has 0 saturated carbocycles. The summed E-state index contributed by atoms with van der Waals surface area (Å²) in [6.45, 7) is 0.400. The molecule has 4 N–H and O–H groups in total. The molecule has 5 heteroatoms. The number of hydrogen-bond donors (Lipinski definition) is 2. The van der Waals surface area contributed by atoms with Gasteiger partial charge in [-0.2, -0.15) is 0 Å². The van der Waals surface area contributed by atoms with Crippen molar-refractivity contribution in [3.05, 3.63) is 34.9 Å². The molecule has 0 aliphatic heterocycles. The molecule has 0 saturated heterocycles. The summed E-state index contributed by atoms with van der Waals surface area (Å²) in [6, 6.07) is 6.73. The van der Waals surface area contributed by atoms with Gasteiger partial charge in [0.1, 0.15) is 0 Å². The molecular formula is C9H12ClN3O. The fourth-order valence-corrected chi connectivity index (χ4v) is 1.14. The maximum atomic E-state index is 10.6. The number of carbonyl (C=O) groups is 1. The van der Waals surface area contributed by atoms with Crippen LogP contribution in [0.1, 0.15) is 5.56 Å². The predicted molar refractivity (Wildman–Crippen MR) is 55.6 cm³/mol. The van der Waals surface area contributed by atoms with Crippen molar-refractivity contribution in [1.82, 2.24) is 5.01 Å². The number of nitrogens with zero attached hydrogens (tertiary/aromatic N) is 1. The van der Waals surface area contributed by atoms with E-state index in [1.807, 2.05) is 12.1 Å². The fraction of sp³-hybridized carbons (Fsp3) is 0.222. The van der Waals surface area contributed by atoms with Crippen LogP contribution in [-0.2, 0) is 6.42 Å². The maximum Gasteiger partial charge on any atom is 0.328 e. The molecule has 0 aliphatic rings. The summed E-state index contributed by atoms with van der Waals surface area (Å²) in [4.78, 5) is 10.6. The first-order chi connectivity index (χ1) is 6.59. The highest BCUT2D eigenvalue weighted by Gasteiger charge is 2.03. The van der Waals surface area contributed by atoms with E-state index in [4.69, 9.17) is 23.2 Å².